The van der Waals surface area contributed by atoms with Gasteiger partial charge < -0.3 is 0 Å². The van der Waals surface area contributed by atoms with Crippen LogP contribution in [0.2, 0.25) is 0 Å². The van der Waals surface area contributed by atoms with E-state index >= 15 is 0 Å². The van der Waals surface area contributed by atoms with Gasteiger partial charge in [-0.1, -0.05) is 12.1 Å². The molecule has 2 nitrogen and oxygen atoms in total. The Labute approximate surface area is 59.2 Å². The third-order valence-corrected chi connectivity index (χ3v) is 1.09. The summed E-state index contributed by atoms with van der Waals surface area (Å²) in [7, 11) is 0. The highest BCUT2D eigenvalue weighted by Crippen LogP contribution is 2.11. The van der Waals surface area contributed by atoms with E-state index in [0.717, 1.165) is 5.56 Å². The summed E-state index contributed by atoms with van der Waals surface area (Å²) in [6.45, 7) is 3.67. The largest absolute Gasteiger partial charge is 0.240 e. The SMILES string of the molecule is [CH2]c1cccc(N=C=O)c1. The van der Waals surface area contributed by atoms with Crippen LogP contribution in [0.15, 0.2) is 29.3 Å². The molecule has 0 unspecified atom stereocenters. The van der Waals surface area contributed by atoms with Crippen molar-refractivity contribution in [3.63, 3.8) is 0 Å². The molecule has 0 atom stereocenters. The van der Waals surface area contributed by atoms with Gasteiger partial charge in [-0.15, -0.1) is 0 Å². The van der Waals surface area contributed by atoms with E-state index < -0.39 is 0 Å². The van der Waals surface area contributed by atoms with Crippen LogP contribution in [-0.2, 0) is 4.79 Å². The summed E-state index contributed by atoms with van der Waals surface area (Å²) in [6, 6.07) is 7.06. The lowest BCUT2D eigenvalue weighted by molar-refractivity contribution is 0.565. The van der Waals surface area contributed by atoms with Gasteiger partial charge in [0.25, 0.3) is 0 Å². The molecule has 1 aromatic carbocycles. The van der Waals surface area contributed by atoms with E-state index in [1.165, 1.54) is 6.08 Å². The lowest BCUT2D eigenvalue weighted by Gasteiger charge is -1.90. The Hall–Kier alpha value is -1.40. The second-order valence-electron chi connectivity index (χ2n) is 1.87. The van der Waals surface area contributed by atoms with E-state index in [0.29, 0.717) is 5.69 Å². The minimum absolute atomic E-state index is 0.600. The molecule has 1 aromatic rings. The van der Waals surface area contributed by atoms with Gasteiger partial charge in [0.15, 0.2) is 0 Å². The lowest BCUT2D eigenvalue weighted by atomic mass is 10.2. The third kappa shape index (κ3) is 1.54. The van der Waals surface area contributed by atoms with E-state index in [4.69, 9.17) is 0 Å². The Morgan fingerprint density at radius 2 is 2.30 bits per heavy atom. The average Bonchev–Trinajstić information content (AvgIpc) is 1.88. The predicted octanol–water partition coefficient (Wildman–Crippen LogP) is 1.84. The molecule has 0 fully saturated rings. The fraction of sp³-hybridized carbons (Fsp3) is 0. The first kappa shape index (κ1) is 6.72. The van der Waals surface area contributed by atoms with Crippen molar-refractivity contribution in [3.8, 4) is 0 Å². The zero-order valence-electron chi connectivity index (χ0n) is 5.37. The highest BCUT2D eigenvalue weighted by molar-refractivity contribution is 5.50. The first-order valence-electron chi connectivity index (χ1n) is 2.83. The second-order valence-corrected chi connectivity index (χ2v) is 1.87. The van der Waals surface area contributed by atoms with Crippen LogP contribution in [0.4, 0.5) is 5.69 Å². The van der Waals surface area contributed by atoms with Crippen molar-refractivity contribution in [1.82, 2.24) is 0 Å². The standard InChI is InChI=1S/C8H6NO/c1-7-3-2-4-8(5-7)9-6-10/h2-5H,1H2. The van der Waals surface area contributed by atoms with E-state index in [-0.39, 0.29) is 0 Å². The first-order valence-corrected chi connectivity index (χ1v) is 2.83. The molecule has 0 aliphatic rings. The summed E-state index contributed by atoms with van der Waals surface area (Å²) in [4.78, 5) is 13.2. The Bertz CT molecular complexity index is 274. The maximum atomic E-state index is 9.77. The fourth-order valence-electron chi connectivity index (χ4n) is 0.679. The zero-order chi connectivity index (χ0) is 7.40. The molecule has 10 heavy (non-hydrogen) atoms. The maximum absolute atomic E-state index is 9.77. The monoisotopic (exact) mass is 132 g/mol. The van der Waals surface area contributed by atoms with Crippen LogP contribution >= 0.6 is 0 Å². The van der Waals surface area contributed by atoms with Crippen molar-refractivity contribution in [2.45, 2.75) is 0 Å². The molecule has 0 aromatic heterocycles. The second kappa shape index (κ2) is 2.95. The molecule has 1 rings (SSSR count). The Morgan fingerprint density at radius 3 is 2.90 bits per heavy atom. The van der Waals surface area contributed by atoms with Crippen molar-refractivity contribution in [2.24, 2.45) is 4.99 Å². The van der Waals surface area contributed by atoms with Crippen molar-refractivity contribution >= 4 is 11.8 Å². The van der Waals surface area contributed by atoms with Gasteiger partial charge in [0.2, 0.25) is 6.08 Å². The number of hydrogen-bond acceptors (Lipinski definition) is 2. The summed E-state index contributed by atoms with van der Waals surface area (Å²) in [5, 5.41) is 0. The normalized spacial score (nSPS) is 8.50. The van der Waals surface area contributed by atoms with Gasteiger partial charge >= 0.3 is 0 Å². The van der Waals surface area contributed by atoms with Crippen LogP contribution < -0.4 is 0 Å². The van der Waals surface area contributed by atoms with Crippen molar-refractivity contribution in [2.75, 3.05) is 0 Å². The van der Waals surface area contributed by atoms with Crippen LogP contribution in [0.3, 0.4) is 0 Å². The quantitative estimate of drug-likeness (QED) is 0.423. The van der Waals surface area contributed by atoms with Gasteiger partial charge in [0, 0.05) is 0 Å². The number of aliphatic imine (C=N–C) groups is 1. The van der Waals surface area contributed by atoms with Gasteiger partial charge in [0.1, 0.15) is 0 Å². The third-order valence-electron chi connectivity index (χ3n) is 1.09. The highest BCUT2D eigenvalue weighted by Gasteiger charge is 1.86. The zero-order valence-corrected chi connectivity index (χ0v) is 5.37. The van der Waals surface area contributed by atoms with Gasteiger partial charge in [-0.25, -0.2) is 4.79 Å². The van der Waals surface area contributed by atoms with E-state index in [1.54, 1.807) is 18.2 Å². The molecular formula is C8H6NO. The Balaban J connectivity index is 3.06. The van der Waals surface area contributed by atoms with Gasteiger partial charge in [-0.3, -0.25) is 0 Å². The van der Waals surface area contributed by atoms with Crippen molar-refractivity contribution in [1.29, 1.82) is 0 Å². The first-order chi connectivity index (χ1) is 4.83. The van der Waals surface area contributed by atoms with Crippen LogP contribution in [-0.4, -0.2) is 6.08 Å². The van der Waals surface area contributed by atoms with E-state index in [9.17, 15) is 4.79 Å². The number of isocyanates is 1. The van der Waals surface area contributed by atoms with Crippen LogP contribution in [0.5, 0.6) is 0 Å². The lowest BCUT2D eigenvalue weighted by Crippen LogP contribution is -1.68. The maximum Gasteiger partial charge on any atom is 0.240 e. The van der Waals surface area contributed by atoms with E-state index in [2.05, 4.69) is 11.9 Å². The number of hydrogen-bond donors (Lipinski definition) is 0. The molecule has 0 saturated carbocycles. The minimum Gasteiger partial charge on any atom is -0.211 e. The van der Waals surface area contributed by atoms with Gasteiger partial charge in [-0.2, -0.15) is 4.99 Å². The predicted molar refractivity (Wildman–Crippen MR) is 38.7 cm³/mol. The van der Waals surface area contributed by atoms with Crippen LogP contribution in [0.1, 0.15) is 5.56 Å². The number of nitrogens with zero attached hydrogens (tertiary/aromatic N) is 1. The molecule has 2 heteroatoms. The molecule has 0 heterocycles. The highest BCUT2D eigenvalue weighted by atomic mass is 16.1. The molecule has 0 N–H and O–H groups in total. The summed E-state index contributed by atoms with van der Waals surface area (Å²) >= 11 is 0. The van der Waals surface area contributed by atoms with Crippen molar-refractivity contribution in [3.05, 3.63) is 36.8 Å². The Morgan fingerprint density at radius 1 is 1.50 bits per heavy atom. The Kier molecular flexibility index (Phi) is 1.98. The van der Waals surface area contributed by atoms with E-state index in [1.807, 2.05) is 6.07 Å². The number of carbonyl (C=O) groups excluding carboxylic acids is 1. The molecule has 0 aliphatic heterocycles. The smallest absolute Gasteiger partial charge is 0.211 e. The van der Waals surface area contributed by atoms with Gasteiger partial charge in [-0.05, 0) is 24.6 Å². The average molecular weight is 132 g/mol. The molecular weight excluding hydrogens is 126 g/mol. The van der Waals surface area contributed by atoms with Crippen LogP contribution in [0, 0.1) is 6.92 Å². The molecule has 1 radical (unpaired) electrons. The van der Waals surface area contributed by atoms with Gasteiger partial charge in [0.05, 0.1) is 5.69 Å². The number of rotatable bonds is 1. The fourth-order valence-corrected chi connectivity index (χ4v) is 0.679. The summed E-state index contributed by atoms with van der Waals surface area (Å²) in [5.74, 6) is 0. The molecule has 0 spiro atoms. The number of benzene rings is 1. The molecule has 0 aliphatic carbocycles. The molecule has 0 bridgehead atoms. The summed E-state index contributed by atoms with van der Waals surface area (Å²) in [5.41, 5.74) is 1.44. The minimum atomic E-state index is 0.600. The molecule has 49 valence electrons. The van der Waals surface area contributed by atoms with Crippen LogP contribution in [0.25, 0.3) is 0 Å². The molecule has 0 saturated heterocycles. The molecule has 0 amide bonds. The topological polar surface area (TPSA) is 29.4 Å². The summed E-state index contributed by atoms with van der Waals surface area (Å²) < 4.78 is 0. The summed E-state index contributed by atoms with van der Waals surface area (Å²) in [6.07, 6.45) is 1.46. The van der Waals surface area contributed by atoms with Crippen molar-refractivity contribution < 1.29 is 4.79 Å².